The van der Waals surface area contributed by atoms with Crippen molar-refractivity contribution in [3.8, 4) is 5.69 Å². The van der Waals surface area contributed by atoms with Crippen molar-refractivity contribution < 1.29 is 42.9 Å². The second-order valence-electron chi connectivity index (χ2n) is 16.9. The standard InChI is InChI=1S/C54H47ClN4O9S2/c1-34-29-31-39(32-30-34)56-51-57-52(59(41-28-18-17-27-40(41)55)53(70-51)58-54(2,3)4)69-50-45(68-49(63)38-25-15-8-16-26-38)44(67-48(62)37-23-13-7-14-24-37)43(66-47(61)36-21-11-6-12-22-36)42(65-50)33-64-46(60)35-19-9-5-10-20-35/h5-32,42-45,50H,33H2,1-4H3/t42-,43-,44+,45-,50+/m1/s1. The van der Waals surface area contributed by atoms with Crippen LogP contribution in [0, 0.1) is 6.92 Å². The normalized spacial score (nSPS) is 18.4. The number of ether oxygens (including phenoxy) is 5. The summed E-state index contributed by atoms with van der Waals surface area (Å²) in [6.45, 7) is 7.33. The van der Waals surface area contributed by atoms with E-state index in [-0.39, 0.29) is 27.4 Å². The average Bonchev–Trinajstić information content (AvgIpc) is 3.36. The molecule has 1 aromatic heterocycles. The first kappa shape index (κ1) is 49.3. The highest BCUT2D eigenvalue weighted by Gasteiger charge is 2.54. The van der Waals surface area contributed by atoms with Crippen LogP contribution in [0.15, 0.2) is 185 Å². The number of hydrogen-bond donors (Lipinski definition) is 0. The lowest BCUT2D eigenvalue weighted by Crippen LogP contribution is -2.62. The zero-order valence-corrected chi connectivity index (χ0v) is 40.8. The minimum Gasteiger partial charge on any atom is -0.459 e. The number of aryl methyl sites for hydroxylation is 1. The maximum absolute atomic E-state index is 14.4. The summed E-state index contributed by atoms with van der Waals surface area (Å²) in [6, 6.07) is 47.7. The van der Waals surface area contributed by atoms with Crippen molar-refractivity contribution in [1.29, 1.82) is 0 Å². The summed E-state index contributed by atoms with van der Waals surface area (Å²) < 4.78 is 33.7. The Labute approximate surface area is 417 Å². The number of carbonyl (C=O) groups excluding carboxylic acids is 4. The molecule has 0 unspecified atom stereocenters. The monoisotopic (exact) mass is 994 g/mol. The van der Waals surface area contributed by atoms with E-state index in [1.807, 2.05) is 64.1 Å². The molecule has 6 aromatic carbocycles. The van der Waals surface area contributed by atoms with E-state index in [0.29, 0.717) is 26.0 Å². The van der Waals surface area contributed by atoms with Gasteiger partial charge in [0.2, 0.25) is 4.80 Å². The van der Waals surface area contributed by atoms with Crippen LogP contribution >= 0.6 is 34.7 Å². The Morgan fingerprint density at radius 3 is 1.63 bits per heavy atom. The Morgan fingerprint density at radius 1 is 0.643 bits per heavy atom. The van der Waals surface area contributed by atoms with E-state index in [9.17, 15) is 19.2 Å². The summed E-state index contributed by atoms with van der Waals surface area (Å²) >= 11 is 9.21. The fourth-order valence-electron chi connectivity index (χ4n) is 7.15. The van der Waals surface area contributed by atoms with Crippen molar-refractivity contribution >= 4 is 64.3 Å². The topological polar surface area (TPSA) is 157 Å². The molecule has 0 radical (unpaired) electrons. The summed E-state index contributed by atoms with van der Waals surface area (Å²) in [7, 11) is 0. The minimum atomic E-state index is -1.60. The van der Waals surface area contributed by atoms with Crippen molar-refractivity contribution in [2.75, 3.05) is 6.61 Å². The van der Waals surface area contributed by atoms with Crippen LogP contribution in [0.4, 0.5) is 5.69 Å². The molecule has 2 heterocycles. The van der Waals surface area contributed by atoms with Crippen LogP contribution in [0.25, 0.3) is 5.69 Å². The molecule has 0 spiro atoms. The van der Waals surface area contributed by atoms with Crippen LogP contribution in [0.3, 0.4) is 0 Å². The first-order chi connectivity index (χ1) is 33.8. The predicted octanol–water partition coefficient (Wildman–Crippen LogP) is 10.2. The first-order valence-electron chi connectivity index (χ1n) is 22.2. The van der Waals surface area contributed by atoms with Gasteiger partial charge in [-0.3, -0.25) is 9.56 Å². The predicted molar refractivity (Wildman–Crippen MR) is 266 cm³/mol. The second-order valence-corrected chi connectivity index (χ2v) is 19.3. The lowest BCUT2D eigenvalue weighted by Gasteiger charge is -2.44. The molecule has 356 valence electrons. The van der Waals surface area contributed by atoms with Gasteiger partial charge in [0.25, 0.3) is 0 Å². The number of nitrogens with zero attached hydrogens (tertiary/aromatic N) is 4. The van der Waals surface area contributed by atoms with Gasteiger partial charge in [-0.25, -0.2) is 24.2 Å². The molecule has 16 heteroatoms. The molecule has 1 aliphatic heterocycles. The van der Waals surface area contributed by atoms with Gasteiger partial charge in [-0.1, -0.05) is 137 Å². The molecular formula is C54H47ClN4O9S2. The number of aromatic nitrogens is 2. The number of rotatable bonds is 13. The third kappa shape index (κ3) is 12.5. The number of halogens is 1. The Bertz CT molecular complexity index is 3100. The molecule has 1 aliphatic rings. The second kappa shape index (κ2) is 22.5. The molecule has 0 aliphatic carbocycles. The molecular weight excluding hydrogens is 948 g/mol. The van der Waals surface area contributed by atoms with E-state index >= 15 is 0 Å². The third-order valence-electron chi connectivity index (χ3n) is 10.5. The molecule has 8 rings (SSSR count). The van der Waals surface area contributed by atoms with E-state index in [4.69, 9.17) is 50.3 Å². The molecule has 7 aromatic rings. The molecule has 13 nitrogen and oxygen atoms in total. The lowest BCUT2D eigenvalue weighted by atomic mass is 9.98. The molecule has 1 saturated heterocycles. The van der Waals surface area contributed by atoms with Gasteiger partial charge in [0.1, 0.15) is 12.7 Å². The van der Waals surface area contributed by atoms with E-state index < -0.39 is 65.9 Å². The van der Waals surface area contributed by atoms with Gasteiger partial charge in [0.15, 0.2) is 33.7 Å². The van der Waals surface area contributed by atoms with Gasteiger partial charge in [0.05, 0.1) is 44.2 Å². The average molecular weight is 996 g/mol. The van der Waals surface area contributed by atoms with Crippen LogP contribution in [-0.2, 0) is 23.7 Å². The number of para-hydroxylation sites is 1. The molecule has 0 saturated carbocycles. The number of benzene rings is 6. The summed E-state index contributed by atoms with van der Waals surface area (Å²) in [4.78, 5) is 72.4. The maximum atomic E-state index is 14.4. The highest BCUT2D eigenvalue weighted by molar-refractivity contribution is 7.99. The number of thioether (sulfide) groups is 1. The number of hydrogen-bond acceptors (Lipinski definition) is 14. The summed E-state index contributed by atoms with van der Waals surface area (Å²) in [5.74, 6) is -3.14. The first-order valence-corrected chi connectivity index (χ1v) is 24.3. The molecule has 0 bridgehead atoms. The van der Waals surface area contributed by atoms with Crippen molar-refractivity contribution in [2.45, 2.75) is 68.2 Å². The van der Waals surface area contributed by atoms with Crippen LogP contribution in [-0.4, -0.2) is 75.4 Å². The van der Waals surface area contributed by atoms with Gasteiger partial charge in [0, 0.05) is 0 Å². The van der Waals surface area contributed by atoms with E-state index in [2.05, 4.69) is 0 Å². The Kier molecular flexibility index (Phi) is 15.8. The number of esters is 4. The van der Waals surface area contributed by atoms with Crippen LogP contribution in [0.2, 0.25) is 5.02 Å². The van der Waals surface area contributed by atoms with Gasteiger partial charge in [-0.05, 0) is 100 Å². The van der Waals surface area contributed by atoms with Crippen molar-refractivity contribution in [3.05, 3.63) is 212 Å². The molecule has 5 atom stereocenters. The van der Waals surface area contributed by atoms with Crippen molar-refractivity contribution in [1.82, 2.24) is 9.55 Å². The summed E-state index contributed by atoms with van der Waals surface area (Å²) in [5, 5.41) is 0.584. The zero-order chi connectivity index (χ0) is 49.2. The van der Waals surface area contributed by atoms with Gasteiger partial charge in [-0.15, -0.1) is 0 Å². The van der Waals surface area contributed by atoms with Crippen LogP contribution in [0.1, 0.15) is 67.8 Å². The molecule has 0 amide bonds. The largest absolute Gasteiger partial charge is 0.459 e. The van der Waals surface area contributed by atoms with E-state index in [1.165, 1.54) is 11.3 Å². The molecule has 70 heavy (non-hydrogen) atoms. The highest BCUT2D eigenvalue weighted by atomic mass is 35.5. The van der Waals surface area contributed by atoms with Crippen LogP contribution in [0.5, 0.6) is 0 Å². The van der Waals surface area contributed by atoms with E-state index in [0.717, 1.165) is 17.3 Å². The van der Waals surface area contributed by atoms with Gasteiger partial charge >= 0.3 is 23.9 Å². The minimum absolute atomic E-state index is 0.157. The fourth-order valence-corrected chi connectivity index (χ4v) is 9.70. The molecule has 1 fully saturated rings. The van der Waals surface area contributed by atoms with Crippen molar-refractivity contribution in [3.63, 3.8) is 0 Å². The SMILES string of the molecule is Cc1ccc(N=c2nc(S[C@@H]3O[C@H](COC(=O)c4ccccc4)[C@@H](OC(=O)c4ccccc4)[C@H](OC(=O)c4ccccc4)[C@H]3OC(=O)c3ccccc3)n(-c3ccccc3Cl)c(=NC(C)(C)C)s2)cc1. The Morgan fingerprint density at radius 2 is 1.11 bits per heavy atom. The summed E-state index contributed by atoms with van der Waals surface area (Å²) in [5.41, 5.74) is 0.948. The maximum Gasteiger partial charge on any atom is 0.338 e. The molecule has 0 N–H and O–H groups in total. The number of carbonyl (C=O) groups is 4. The van der Waals surface area contributed by atoms with E-state index in [1.54, 1.807) is 138 Å². The summed E-state index contributed by atoms with van der Waals surface area (Å²) in [6.07, 6.45) is -6.05. The Balaban J connectivity index is 1.34. The van der Waals surface area contributed by atoms with Gasteiger partial charge in [-0.2, -0.15) is 4.98 Å². The Hall–Kier alpha value is -7.17. The highest BCUT2D eigenvalue weighted by Crippen LogP contribution is 2.39. The third-order valence-corrected chi connectivity index (χ3v) is 12.7. The smallest absolute Gasteiger partial charge is 0.338 e. The van der Waals surface area contributed by atoms with Crippen molar-refractivity contribution in [2.24, 2.45) is 9.98 Å². The van der Waals surface area contributed by atoms with Gasteiger partial charge < -0.3 is 23.7 Å². The quantitative estimate of drug-likeness (QED) is 0.0800. The fraction of sp³-hybridized carbons (Fsp3) is 0.204. The zero-order valence-electron chi connectivity index (χ0n) is 38.4. The van der Waals surface area contributed by atoms with Crippen LogP contribution < -0.4 is 9.60 Å². The lowest BCUT2D eigenvalue weighted by molar-refractivity contribution is -0.207.